The van der Waals surface area contributed by atoms with Gasteiger partial charge in [0.05, 0.1) is 36.3 Å². The molecule has 0 saturated carbocycles. The fourth-order valence-corrected chi connectivity index (χ4v) is 5.96. The zero-order valence-electron chi connectivity index (χ0n) is 21.0. The van der Waals surface area contributed by atoms with Crippen molar-refractivity contribution in [3.8, 4) is 5.75 Å². The van der Waals surface area contributed by atoms with Crippen molar-refractivity contribution >= 4 is 27.3 Å². The zero-order valence-corrected chi connectivity index (χ0v) is 21.8. The molecule has 196 valence electrons. The summed E-state index contributed by atoms with van der Waals surface area (Å²) < 4.78 is 33.7. The van der Waals surface area contributed by atoms with Gasteiger partial charge in [0, 0.05) is 43.6 Å². The van der Waals surface area contributed by atoms with Crippen LogP contribution in [0, 0.1) is 0 Å². The number of hydrogen-bond donors (Lipinski definition) is 1. The number of amides is 1. The molecule has 0 bridgehead atoms. The minimum Gasteiger partial charge on any atom is -0.497 e. The summed E-state index contributed by atoms with van der Waals surface area (Å²) in [5, 5.41) is 0. The van der Waals surface area contributed by atoms with Gasteiger partial charge in [-0.2, -0.15) is 0 Å². The summed E-state index contributed by atoms with van der Waals surface area (Å²) in [6.45, 7) is 2.66. The number of hydrogen-bond acceptors (Lipinski definition) is 6. The third-order valence-corrected chi connectivity index (χ3v) is 8.37. The van der Waals surface area contributed by atoms with Crippen LogP contribution in [-0.4, -0.2) is 62.5 Å². The highest BCUT2D eigenvalue weighted by Crippen LogP contribution is 2.28. The van der Waals surface area contributed by atoms with E-state index >= 15 is 0 Å². The van der Waals surface area contributed by atoms with E-state index in [9.17, 15) is 13.2 Å². The number of aromatic amines is 1. The van der Waals surface area contributed by atoms with Gasteiger partial charge in [0.25, 0.3) is 15.9 Å². The number of H-pyrrole nitrogens is 1. The van der Waals surface area contributed by atoms with Crippen LogP contribution in [0.1, 0.15) is 16.1 Å². The second-order valence-electron chi connectivity index (χ2n) is 8.93. The molecule has 0 radical (unpaired) electrons. The van der Waals surface area contributed by atoms with Gasteiger partial charge in [0.15, 0.2) is 0 Å². The Labute approximate surface area is 222 Å². The van der Waals surface area contributed by atoms with Crippen molar-refractivity contribution in [3.63, 3.8) is 0 Å². The smallest absolute Gasteiger partial charge is 0.264 e. The molecular formula is C28H29N5O4S. The van der Waals surface area contributed by atoms with Gasteiger partial charge in [-0.05, 0) is 54.6 Å². The van der Waals surface area contributed by atoms with Crippen molar-refractivity contribution in [3.05, 3.63) is 103 Å². The van der Waals surface area contributed by atoms with Crippen molar-refractivity contribution in [1.82, 2.24) is 14.9 Å². The molecular weight excluding hydrogens is 502 g/mol. The first kappa shape index (κ1) is 25.3. The summed E-state index contributed by atoms with van der Waals surface area (Å²) in [6, 6.07) is 23.1. The molecule has 1 aromatic heterocycles. The SMILES string of the molecule is COc1cccc(C(=O)N2CCN(c3ccc(N(Cc4cnc[nH]4)S(=O)(=O)c4ccccc4)cc3)CC2)c1. The van der Waals surface area contributed by atoms with Gasteiger partial charge in [-0.15, -0.1) is 0 Å². The Bertz CT molecular complexity index is 1470. The summed E-state index contributed by atoms with van der Waals surface area (Å²) in [5.41, 5.74) is 2.82. The van der Waals surface area contributed by atoms with Gasteiger partial charge in [-0.3, -0.25) is 9.10 Å². The second-order valence-corrected chi connectivity index (χ2v) is 10.8. The Morgan fingerprint density at radius 2 is 1.71 bits per heavy atom. The molecule has 0 spiro atoms. The number of anilines is 2. The molecule has 3 aromatic carbocycles. The number of imidazole rings is 1. The highest BCUT2D eigenvalue weighted by molar-refractivity contribution is 7.92. The number of nitrogens with one attached hydrogen (secondary N) is 1. The third kappa shape index (κ3) is 5.35. The monoisotopic (exact) mass is 531 g/mol. The fourth-order valence-electron chi connectivity index (χ4n) is 4.50. The summed E-state index contributed by atoms with van der Waals surface area (Å²) >= 11 is 0. The lowest BCUT2D eigenvalue weighted by Crippen LogP contribution is -2.48. The number of aromatic nitrogens is 2. The first-order valence-corrected chi connectivity index (χ1v) is 13.7. The molecule has 1 saturated heterocycles. The average molecular weight is 532 g/mol. The van der Waals surface area contributed by atoms with Gasteiger partial charge in [-0.1, -0.05) is 24.3 Å². The molecule has 9 nitrogen and oxygen atoms in total. The van der Waals surface area contributed by atoms with Crippen LogP contribution in [0.3, 0.4) is 0 Å². The van der Waals surface area contributed by atoms with Gasteiger partial charge >= 0.3 is 0 Å². The molecule has 0 aliphatic carbocycles. The van der Waals surface area contributed by atoms with Crippen LogP contribution in [0.4, 0.5) is 11.4 Å². The van der Waals surface area contributed by atoms with Gasteiger partial charge < -0.3 is 19.5 Å². The largest absolute Gasteiger partial charge is 0.497 e. The van der Waals surface area contributed by atoms with Crippen LogP contribution in [0.5, 0.6) is 5.75 Å². The maximum absolute atomic E-state index is 13.5. The minimum absolute atomic E-state index is 0.0144. The number of nitrogens with zero attached hydrogens (tertiary/aromatic N) is 4. The lowest BCUT2D eigenvalue weighted by molar-refractivity contribution is 0.0746. The molecule has 4 aromatic rings. The predicted octanol–water partition coefficient (Wildman–Crippen LogP) is 3.78. The van der Waals surface area contributed by atoms with E-state index in [4.69, 9.17) is 4.74 Å². The number of benzene rings is 3. The molecule has 1 N–H and O–H groups in total. The van der Waals surface area contributed by atoms with E-state index in [1.165, 1.54) is 10.6 Å². The molecule has 5 rings (SSSR count). The Hall–Kier alpha value is -4.31. The lowest BCUT2D eigenvalue weighted by Gasteiger charge is -2.36. The lowest BCUT2D eigenvalue weighted by atomic mass is 10.1. The number of ether oxygens (including phenoxy) is 1. The van der Waals surface area contributed by atoms with Crippen LogP contribution < -0.4 is 13.9 Å². The minimum atomic E-state index is -3.80. The van der Waals surface area contributed by atoms with Crippen molar-refractivity contribution in [2.45, 2.75) is 11.4 Å². The van der Waals surface area contributed by atoms with Crippen LogP contribution in [0.25, 0.3) is 0 Å². The van der Waals surface area contributed by atoms with E-state index < -0.39 is 10.0 Å². The summed E-state index contributed by atoms with van der Waals surface area (Å²) in [7, 11) is -2.21. The molecule has 2 heterocycles. The molecule has 1 aliphatic rings. The quantitative estimate of drug-likeness (QED) is 0.372. The van der Waals surface area contributed by atoms with E-state index in [1.807, 2.05) is 41.3 Å². The van der Waals surface area contributed by atoms with Crippen molar-refractivity contribution < 1.29 is 17.9 Å². The van der Waals surface area contributed by atoms with Gasteiger partial charge in [0.2, 0.25) is 0 Å². The van der Waals surface area contributed by atoms with Gasteiger partial charge in [0.1, 0.15) is 5.75 Å². The Morgan fingerprint density at radius 3 is 2.37 bits per heavy atom. The summed E-state index contributed by atoms with van der Waals surface area (Å²) in [5.74, 6) is 0.643. The standard InChI is InChI=1S/C28H29N5O4S/c1-37-26-7-5-6-22(18-26)28(34)32-16-14-31(15-17-32)24-10-12-25(13-11-24)33(20-23-19-29-21-30-23)38(35,36)27-8-3-2-4-9-27/h2-13,18-19,21H,14-17,20H2,1H3,(H,29,30). The van der Waals surface area contributed by atoms with Crippen molar-refractivity contribution in [2.75, 3.05) is 42.5 Å². The third-order valence-electron chi connectivity index (χ3n) is 6.59. The normalized spacial score (nSPS) is 13.8. The highest BCUT2D eigenvalue weighted by Gasteiger charge is 2.27. The van der Waals surface area contributed by atoms with E-state index in [-0.39, 0.29) is 17.3 Å². The van der Waals surface area contributed by atoms with E-state index in [0.717, 1.165) is 5.69 Å². The highest BCUT2D eigenvalue weighted by atomic mass is 32.2. The van der Waals surface area contributed by atoms with Crippen LogP contribution in [-0.2, 0) is 16.6 Å². The molecule has 38 heavy (non-hydrogen) atoms. The number of methoxy groups -OCH3 is 1. The van der Waals surface area contributed by atoms with Crippen LogP contribution in [0.2, 0.25) is 0 Å². The van der Waals surface area contributed by atoms with E-state index in [1.54, 1.807) is 55.8 Å². The molecule has 1 amide bonds. The Balaban J connectivity index is 1.30. The number of carbonyl (C=O) groups is 1. The van der Waals surface area contributed by atoms with Crippen molar-refractivity contribution in [1.29, 1.82) is 0 Å². The fraction of sp³-hybridized carbons (Fsp3) is 0.214. The average Bonchev–Trinajstić information content (AvgIpc) is 3.50. The molecule has 0 atom stereocenters. The van der Waals surface area contributed by atoms with Crippen molar-refractivity contribution in [2.24, 2.45) is 0 Å². The maximum atomic E-state index is 13.5. The Morgan fingerprint density at radius 1 is 0.974 bits per heavy atom. The molecule has 10 heteroatoms. The van der Waals surface area contributed by atoms with E-state index in [2.05, 4.69) is 14.9 Å². The summed E-state index contributed by atoms with van der Waals surface area (Å²) in [4.78, 5) is 24.2. The summed E-state index contributed by atoms with van der Waals surface area (Å²) in [6.07, 6.45) is 3.15. The number of rotatable bonds is 8. The molecule has 1 fully saturated rings. The molecule has 0 unspecified atom stereocenters. The second kappa shape index (κ2) is 11.0. The first-order chi connectivity index (χ1) is 18.5. The maximum Gasteiger partial charge on any atom is 0.264 e. The number of sulfonamides is 1. The Kier molecular flexibility index (Phi) is 7.32. The van der Waals surface area contributed by atoms with Gasteiger partial charge in [-0.25, -0.2) is 13.4 Å². The first-order valence-electron chi connectivity index (χ1n) is 12.3. The zero-order chi connectivity index (χ0) is 26.5. The molecule has 1 aliphatic heterocycles. The topological polar surface area (TPSA) is 98.8 Å². The predicted molar refractivity (Wildman–Crippen MR) is 146 cm³/mol. The number of carbonyl (C=O) groups excluding carboxylic acids is 1. The van der Waals surface area contributed by atoms with Crippen LogP contribution >= 0.6 is 0 Å². The number of piperazine rings is 1. The van der Waals surface area contributed by atoms with E-state index in [0.29, 0.717) is 48.9 Å². The van der Waals surface area contributed by atoms with Crippen LogP contribution in [0.15, 0.2) is 96.3 Å².